The molecule has 2 unspecified atom stereocenters. The van der Waals surface area contributed by atoms with Crippen LogP contribution in [0.15, 0.2) is 48.5 Å². The van der Waals surface area contributed by atoms with E-state index in [1.807, 2.05) is 48.5 Å². The number of aliphatic hydroxyl groups excluding tert-OH is 3. The average Bonchev–Trinajstić information content (AvgIpc) is 2.83. The number of hydrogen-bond donors (Lipinski definition) is 3. The zero-order chi connectivity index (χ0) is 24.1. The summed E-state index contributed by atoms with van der Waals surface area (Å²) in [6, 6.07) is 15.2. The number of ether oxygens (including phenoxy) is 4. The molecule has 0 amide bonds. The van der Waals surface area contributed by atoms with Crippen LogP contribution < -0.4 is 9.47 Å². The van der Waals surface area contributed by atoms with E-state index in [9.17, 15) is 14.6 Å². The summed E-state index contributed by atoms with van der Waals surface area (Å²) in [5.41, 5.74) is 1.88. The molecule has 0 saturated carbocycles. The first kappa shape index (κ1) is 27.0. The van der Waals surface area contributed by atoms with E-state index >= 15 is 0 Å². The average molecular weight is 467 g/mol. The number of rotatable bonds is 16. The van der Waals surface area contributed by atoms with Gasteiger partial charge in [-0.1, -0.05) is 38.1 Å². The fourth-order valence-electron chi connectivity index (χ4n) is 3.08. The molecule has 0 aliphatic heterocycles. The van der Waals surface area contributed by atoms with Crippen LogP contribution in [0.25, 0.3) is 0 Å². The molecule has 0 radical (unpaired) electrons. The molecule has 184 valence electrons. The lowest BCUT2D eigenvalue weighted by molar-refractivity contribution is -0.0147. The highest BCUT2D eigenvalue weighted by Crippen LogP contribution is 2.33. The first-order chi connectivity index (χ1) is 15.9. The predicted molar refractivity (Wildman–Crippen MR) is 123 cm³/mol. The third-order valence-electron chi connectivity index (χ3n) is 5.13. The fourth-order valence-corrected chi connectivity index (χ4v) is 3.08. The van der Waals surface area contributed by atoms with Crippen molar-refractivity contribution in [2.24, 2.45) is 0 Å². The van der Waals surface area contributed by atoms with Crippen LogP contribution in [0.1, 0.15) is 25.0 Å². The van der Waals surface area contributed by atoms with E-state index < -0.39 is 18.9 Å². The normalized spacial score (nSPS) is 13.5. The Bertz CT molecular complexity index is 780. The molecule has 8 heteroatoms. The van der Waals surface area contributed by atoms with Crippen molar-refractivity contribution in [1.29, 1.82) is 0 Å². The second kappa shape index (κ2) is 14.1. The minimum atomic E-state index is -1.12. The van der Waals surface area contributed by atoms with E-state index in [0.29, 0.717) is 24.7 Å². The lowest BCUT2D eigenvalue weighted by atomic mass is 9.78. The molecular formula is C25H35FO7. The van der Waals surface area contributed by atoms with E-state index in [0.717, 1.165) is 11.1 Å². The van der Waals surface area contributed by atoms with Crippen LogP contribution in [0.2, 0.25) is 0 Å². The second-order valence-corrected chi connectivity index (χ2v) is 8.17. The predicted octanol–water partition coefficient (Wildman–Crippen LogP) is 2.49. The van der Waals surface area contributed by atoms with Gasteiger partial charge in [0.15, 0.2) is 0 Å². The topological polar surface area (TPSA) is 97.6 Å². The van der Waals surface area contributed by atoms with Gasteiger partial charge in [-0.25, -0.2) is 4.39 Å². The first-order valence-corrected chi connectivity index (χ1v) is 11.0. The Morgan fingerprint density at radius 3 is 1.70 bits per heavy atom. The van der Waals surface area contributed by atoms with Crippen LogP contribution in [0.4, 0.5) is 4.39 Å². The monoisotopic (exact) mass is 466 g/mol. The molecule has 0 fully saturated rings. The molecule has 2 rings (SSSR count). The number of halogens is 1. The molecule has 0 heterocycles. The van der Waals surface area contributed by atoms with Gasteiger partial charge in [0.2, 0.25) is 0 Å². The summed E-state index contributed by atoms with van der Waals surface area (Å²) in [5, 5.41) is 27.9. The summed E-state index contributed by atoms with van der Waals surface area (Å²) < 4.78 is 33.8. The van der Waals surface area contributed by atoms with E-state index in [1.54, 1.807) is 0 Å². The first-order valence-electron chi connectivity index (χ1n) is 11.0. The second-order valence-electron chi connectivity index (χ2n) is 8.17. The minimum absolute atomic E-state index is 0.0257. The molecule has 0 aromatic heterocycles. The SMILES string of the molecule is CC(C)(c1ccc(OCC(O)CF)cc1)c1ccc(OCC(O)COCCOCCO)cc1. The summed E-state index contributed by atoms with van der Waals surface area (Å²) >= 11 is 0. The lowest BCUT2D eigenvalue weighted by Crippen LogP contribution is -2.24. The van der Waals surface area contributed by atoms with Crippen molar-refractivity contribution >= 4 is 0 Å². The third-order valence-corrected chi connectivity index (χ3v) is 5.13. The summed E-state index contributed by atoms with van der Waals surface area (Å²) in [7, 11) is 0. The number of hydrogen-bond acceptors (Lipinski definition) is 7. The standard InChI is InChI=1S/C25H35FO7/c1-25(2,19-3-7-23(8-4-19)32-17-21(28)15-26)20-5-9-24(10-6-20)33-18-22(29)16-31-14-13-30-12-11-27/h3-10,21-22,27-29H,11-18H2,1-2H3. The highest BCUT2D eigenvalue weighted by atomic mass is 19.1. The van der Waals surface area contributed by atoms with E-state index in [2.05, 4.69) is 13.8 Å². The maximum absolute atomic E-state index is 12.3. The molecule has 2 aromatic rings. The summed E-state index contributed by atoms with van der Waals surface area (Å²) in [6.07, 6.45) is -1.88. The van der Waals surface area contributed by atoms with Crippen molar-refractivity contribution in [3.63, 3.8) is 0 Å². The molecule has 0 saturated heterocycles. The zero-order valence-electron chi connectivity index (χ0n) is 19.3. The van der Waals surface area contributed by atoms with Crippen LogP contribution in [0.3, 0.4) is 0 Å². The highest BCUT2D eigenvalue weighted by molar-refractivity contribution is 5.41. The van der Waals surface area contributed by atoms with Crippen molar-refractivity contribution in [3.8, 4) is 11.5 Å². The molecule has 2 atom stereocenters. The van der Waals surface area contributed by atoms with E-state index in [-0.39, 0.29) is 38.4 Å². The van der Waals surface area contributed by atoms with Crippen LogP contribution in [-0.4, -0.2) is 80.5 Å². The maximum atomic E-state index is 12.3. The van der Waals surface area contributed by atoms with Gasteiger partial charge in [-0.2, -0.15) is 0 Å². The van der Waals surface area contributed by atoms with E-state index in [1.165, 1.54) is 0 Å². The lowest BCUT2D eigenvalue weighted by Gasteiger charge is -2.26. The van der Waals surface area contributed by atoms with Crippen molar-refractivity contribution in [1.82, 2.24) is 0 Å². The molecule has 0 aliphatic carbocycles. The van der Waals surface area contributed by atoms with E-state index in [4.69, 9.17) is 24.1 Å². The Labute approximate surface area is 194 Å². The molecule has 0 aliphatic rings. The molecule has 0 bridgehead atoms. The van der Waals surface area contributed by atoms with Crippen molar-refractivity contribution < 1.29 is 38.7 Å². The van der Waals surface area contributed by atoms with Gasteiger partial charge in [0.05, 0.1) is 33.0 Å². The van der Waals surface area contributed by atoms with Crippen LogP contribution >= 0.6 is 0 Å². The molecule has 3 N–H and O–H groups in total. The van der Waals surface area contributed by atoms with Crippen LogP contribution in [0, 0.1) is 0 Å². The Kier molecular flexibility index (Phi) is 11.6. The fraction of sp³-hybridized carbons (Fsp3) is 0.520. The van der Waals surface area contributed by atoms with Crippen LogP contribution in [0.5, 0.6) is 11.5 Å². The summed E-state index contributed by atoms with van der Waals surface area (Å²) in [5.74, 6) is 1.22. The third kappa shape index (κ3) is 9.27. The van der Waals surface area contributed by atoms with Gasteiger partial charge in [-0.15, -0.1) is 0 Å². The summed E-state index contributed by atoms with van der Waals surface area (Å²) in [4.78, 5) is 0. The van der Waals surface area contributed by atoms with Gasteiger partial charge >= 0.3 is 0 Å². The van der Waals surface area contributed by atoms with Gasteiger partial charge < -0.3 is 34.3 Å². The Morgan fingerprint density at radius 2 is 1.21 bits per heavy atom. The maximum Gasteiger partial charge on any atom is 0.119 e. The smallest absolute Gasteiger partial charge is 0.119 e. The number of alkyl halides is 1. The summed E-state index contributed by atoms with van der Waals surface area (Å²) in [6.45, 7) is 4.50. The molecule has 2 aromatic carbocycles. The molecule has 33 heavy (non-hydrogen) atoms. The number of benzene rings is 2. The minimum Gasteiger partial charge on any atom is -0.491 e. The van der Waals surface area contributed by atoms with Gasteiger partial charge in [0, 0.05) is 5.41 Å². The van der Waals surface area contributed by atoms with Crippen molar-refractivity contribution in [3.05, 3.63) is 59.7 Å². The van der Waals surface area contributed by atoms with Gasteiger partial charge in [-0.3, -0.25) is 0 Å². The largest absolute Gasteiger partial charge is 0.491 e. The van der Waals surface area contributed by atoms with Gasteiger partial charge in [0.25, 0.3) is 0 Å². The molecule has 7 nitrogen and oxygen atoms in total. The number of aliphatic hydroxyl groups is 3. The van der Waals surface area contributed by atoms with Crippen molar-refractivity contribution in [2.75, 3.05) is 52.9 Å². The van der Waals surface area contributed by atoms with Crippen LogP contribution in [-0.2, 0) is 14.9 Å². The molecule has 0 spiro atoms. The van der Waals surface area contributed by atoms with Crippen molar-refractivity contribution in [2.45, 2.75) is 31.5 Å². The van der Waals surface area contributed by atoms with Gasteiger partial charge in [-0.05, 0) is 35.4 Å². The highest BCUT2D eigenvalue weighted by Gasteiger charge is 2.23. The Morgan fingerprint density at radius 1 is 0.727 bits per heavy atom. The zero-order valence-corrected chi connectivity index (χ0v) is 19.3. The van der Waals surface area contributed by atoms with Gasteiger partial charge in [0.1, 0.15) is 43.6 Å². The Hall–Kier alpha value is -2.23. The molecular weight excluding hydrogens is 431 g/mol. The quantitative estimate of drug-likeness (QED) is 0.327. The Balaban J connectivity index is 1.82.